The molecule has 8 nitrogen and oxygen atoms in total. The molecular weight excluding hydrogens is 444 g/mol. The van der Waals surface area contributed by atoms with Crippen LogP contribution in [0.15, 0.2) is 29.2 Å². The topological polar surface area (TPSA) is 101 Å². The van der Waals surface area contributed by atoms with Crippen molar-refractivity contribution >= 4 is 27.7 Å². The van der Waals surface area contributed by atoms with E-state index in [2.05, 4.69) is 6.92 Å². The Hall–Kier alpha value is -2.26. The van der Waals surface area contributed by atoms with Crippen LogP contribution in [0, 0.1) is 5.92 Å². The van der Waals surface area contributed by atoms with Crippen LogP contribution in [-0.2, 0) is 24.3 Å². The molecule has 0 bridgehead atoms. The highest BCUT2D eigenvalue weighted by molar-refractivity contribution is 7.89. The van der Waals surface area contributed by atoms with E-state index in [1.165, 1.54) is 35.5 Å². The third-order valence-corrected chi connectivity index (χ3v) is 8.78. The molecule has 1 unspecified atom stereocenters. The first-order valence-electron chi connectivity index (χ1n) is 11.7. The van der Waals surface area contributed by atoms with Gasteiger partial charge >= 0.3 is 5.97 Å². The molecule has 1 saturated heterocycles. The first kappa shape index (κ1) is 25.4. The maximum absolute atomic E-state index is 13.2. The summed E-state index contributed by atoms with van der Waals surface area (Å²) < 4.78 is 32.9. The van der Waals surface area contributed by atoms with Crippen molar-refractivity contribution in [2.45, 2.75) is 75.8 Å². The second-order valence-corrected chi connectivity index (χ2v) is 11.1. The smallest absolute Gasteiger partial charge is 0.324 e. The van der Waals surface area contributed by atoms with E-state index in [1.807, 2.05) is 0 Å². The van der Waals surface area contributed by atoms with Gasteiger partial charge in [-0.2, -0.15) is 4.31 Å². The Morgan fingerprint density at radius 3 is 2.27 bits per heavy atom. The average Bonchev–Trinajstić information content (AvgIpc) is 2.82. The highest BCUT2D eigenvalue weighted by Gasteiger charge is 2.39. The molecule has 1 amide bonds. The third-order valence-electron chi connectivity index (χ3n) is 6.86. The van der Waals surface area contributed by atoms with Gasteiger partial charge in [0.05, 0.1) is 4.90 Å². The van der Waals surface area contributed by atoms with Crippen molar-refractivity contribution in [1.29, 1.82) is 0 Å². The molecule has 33 heavy (non-hydrogen) atoms. The van der Waals surface area contributed by atoms with Gasteiger partial charge in [-0.25, -0.2) is 8.42 Å². The molecule has 1 aromatic carbocycles. The number of hydrogen-bond acceptors (Lipinski definition) is 6. The lowest BCUT2D eigenvalue weighted by molar-refractivity contribution is -0.156. The second kappa shape index (κ2) is 10.8. The van der Waals surface area contributed by atoms with Crippen LogP contribution in [0.25, 0.3) is 0 Å². The number of hydrogen-bond donors (Lipinski definition) is 0. The summed E-state index contributed by atoms with van der Waals surface area (Å²) in [6.45, 7) is 3.43. The Kier molecular flexibility index (Phi) is 8.28. The lowest BCUT2D eigenvalue weighted by Crippen LogP contribution is -2.49. The minimum atomic E-state index is -3.95. The molecule has 1 heterocycles. The molecule has 1 atom stereocenters. The molecular formula is C24H34N2O6S. The number of sulfonamides is 1. The Morgan fingerprint density at radius 1 is 1.03 bits per heavy atom. The van der Waals surface area contributed by atoms with Crippen LogP contribution in [-0.4, -0.2) is 67.6 Å². The molecule has 3 rings (SSSR count). The maximum atomic E-state index is 13.2. The Morgan fingerprint density at radius 2 is 1.67 bits per heavy atom. The van der Waals surface area contributed by atoms with Crippen LogP contribution in [0.1, 0.15) is 69.2 Å². The molecule has 0 N–H and O–H groups in total. The van der Waals surface area contributed by atoms with Gasteiger partial charge in [-0.05, 0) is 69.9 Å². The number of carbonyl (C=O) groups excluding carboxylic acids is 3. The Labute approximate surface area is 196 Å². The van der Waals surface area contributed by atoms with Gasteiger partial charge in [0.1, 0.15) is 6.04 Å². The van der Waals surface area contributed by atoms with Crippen molar-refractivity contribution in [3.8, 4) is 0 Å². The summed E-state index contributed by atoms with van der Waals surface area (Å²) in [5.74, 6) is -0.457. The lowest BCUT2D eigenvalue weighted by atomic mass is 9.87. The van der Waals surface area contributed by atoms with Crippen molar-refractivity contribution in [1.82, 2.24) is 9.21 Å². The highest BCUT2D eigenvalue weighted by atomic mass is 32.2. The largest absolute Gasteiger partial charge is 0.454 e. The predicted molar refractivity (Wildman–Crippen MR) is 123 cm³/mol. The van der Waals surface area contributed by atoms with E-state index in [0.29, 0.717) is 30.7 Å². The molecule has 1 aromatic rings. The molecule has 0 radical (unpaired) electrons. The molecule has 2 fully saturated rings. The van der Waals surface area contributed by atoms with E-state index in [4.69, 9.17) is 4.74 Å². The molecule has 1 saturated carbocycles. The summed E-state index contributed by atoms with van der Waals surface area (Å²) in [6.07, 6.45) is 5.70. The van der Waals surface area contributed by atoms with E-state index < -0.39 is 22.0 Å². The van der Waals surface area contributed by atoms with E-state index in [0.717, 1.165) is 25.7 Å². The van der Waals surface area contributed by atoms with Gasteiger partial charge < -0.3 is 9.64 Å². The van der Waals surface area contributed by atoms with Gasteiger partial charge in [0, 0.05) is 25.2 Å². The zero-order chi connectivity index (χ0) is 24.2. The Balaban J connectivity index is 1.64. The van der Waals surface area contributed by atoms with Crippen molar-refractivity contribution in [2.75, 3.05) is 20.2 Å². The molecule has 2 aliphatic rings. The number of piperidine rings is 1. The summed E-state index contributed by atoms with van der Waals surface area (Å²) in [5.41, 5.74) is 0.415. The summed E-state index contributed by atoms with van der Waals surface area (Å²) in [7, 11) is -2.22. The maximum Gasteiger partial charge on any atom is 0.324 e. The van der Waals surface area contributed by atoms with Gasteiger partial charge in [0.15, 0.2) is 12.4 Å². The van der Waals surface area contributed by atoms with Gasteiger partial charge in [-0.15, -0.1) is 0 Å². The summed E-state index contributed by atoms with van der Waals surface area (Å²) in [5, 5.41) is 0. The number of ether oxygens (including phenoxy) is 1. The zero-order valence-corrected chi connectivity index (χ0v) is 20.5. The highest BCUT2D eigenvalue weighted by Crippen LogP contribution is 2.28. The minimum absolute atomic E-state index is 0.0227. The van der Waals surface area contributed by atoms with Crippen LogP contribution in [0.5, 0.6) is 0 Å². The molecule has 1 aliphatic carbocycles. The van der Waals surface area contributed by atoms with Crippen LogP contribution in [0.3, 0.4) is 0 Å². The fraction of sp³-hybridized carbons (Fsp3) is 0.625. The number of carbonyl (C=O) groups is 3. The molecule has 9 heteroatoms. The average molecular weight is 479 g/mol. The predicted octanol–water partition coefficient (Wildman–Crippen LogP) is 3.01. The number of ketones is 1. The van der Waals surface area contributed by atoms with Gasteiger partial charge in [-0.3, -0.25) is 14.4 Å². The third kappa shape index (κ3) is 6.00. The first-order valence-corrected chi connectivity index (χ1v) is 13.1. The monoisotopic (exact) mass is 478 g/mol. The molecule has 1 aliphatic heterocycles. The number of nitrogens with zero attached hydrogens (tertiary/aromatic N) is 2. The quantitative estimate of drug-likeness (QED) is 0.441. The lowest BCUT2D eigenvalue weighted by Gasteiger charge is -2.34. The SMILES string of the molecule is CC(=O)c1ccc(S(=O)(=O)N2CCCCC2C(=O)OCC(=O)N(C)C2CCC(C)CC2)cc1. The number of rotatable bonds is 7. The van der Waals surface area contributed by atoms with Crippen LogP contribution < -0.4 is 0 Å². The van der Waals surface area contributed by atoms with Crippen molar-refractivity contribution in [3.05, 3.63) is 29.8 Å². The van der Waals surface area contributed by atoms with Crippen LogP contribution >= 0.6 is 0 Å². The number of likely N-dealkylation sites (N-methyl/N-ethyl adjacent to an activating group) is 1. The van der Waals surface area contributed by atoms with Crippen molar-refractivity contribution in [2.24, 2.45) is 5.92 Å². The van der Waals surface area contributed by atoms with E-state index >= 15 is 0 Å². The van der Waals surface area contributed by atoms with Gasteiger partial charge in [0.2, 0.25) is 10.0 Å². The number of amides is 1. The van der Waals surface area contributed by atoms with E-state index in [9.17, 15) is 22.8 Å². The number of benzene rings is 1. The zero-order valence-electron chi connectivity index (χ0n) is 19.7. The van der Waals surface area contributed by atoms with Crippen molar-refractivity contribution in [3.63, 3.8) is 0 Å². The standard InChI is InChI=1S/C24H34N2O6S/c1-17-7-11-20(12-8-17)25(3)23(28)16-32-24(29)22-6-4-5-15-26(22)33(30,31)21-13-9-19(10-14-21)18(2)27/h9-10,13-14,17,20,22H,4-8,11-12,15-16H2,1-3H3. The molecule has 0 spiro atoms. The fourth-order valence-corrected chi connectivity index (χ4v) is 6.24. The van der Waals surface area contributed by atoms with Crippen LogP contribution in [0.2, 0.25) is 0 Å². The minimum Gasteiger partial charge on any atom is -0.454 e. The number of esters is 1. The second-order valence-electron chi connectivity index (χ2n) is 9.23. The fourth-order valence-electron chi connectivity index (χ4n) is 4.59. The van der Waals surface area contributed by atoms with Gasteiger partial charge in [0.25, 0.3) is 5.91 Å². The van der Waals surface area contributed by atoms with Crippen LogP contribution in [0.4, 0.5) is 0 Å². The Bertz CT molecular complexity index is 967. The summed E-state index contributed by atoms with van der Waals surface area (Å²) >= 11 is 0. The van der Waals surface area contributed by atoms with E-state index in [1.54, 1.807) is 11.9 Å². The number of Topliss-reactive ketones (excluding diaryl/α,β-unsaturated/α-hetero) is 1. The van der Waals surface area contributed by atoms with Crippen molar-refractivity contribution < 1.29 is 27.5 Å². The van der Waals surface area contributed by atoms with E-state index in [-0.39, 0.29) is 35.8 Å². The summed E-state index contributed by atoms with van der Waals surface area (Å²) in [4.78, 5) is 38.6. The molecule has 182 valence electrons. The first-order chi connectivity index (χ1) is 15.6. The van der Waals surface area contributed by atoms with Gasteiger partial charge in [-0.1, -0.05) is 19.1 Å². The summed E-state index contributed by atoms with van der Waals surface area (Å²) in [6, 6.07) is 4.88. The molecule has 0 aromatic heterocycles. The normalized spacial score (nSPS) is 24.2.